The minimum absolute atomic E-state index is 0.0878. The van der Waals surface area contributed by atoms with E-state index in [2.05, 4.69) is 24.5 Å². The fourth-order valence-corrected chi connectivity index (χ4v) is 4.57. The molecule has 0 aliphatic heterocycles. The number of ether oxygens (including phenoxy) is 1. The van der Waals surface area contributed by atoms with Gasteiger partial charge in [0, 0.05) is 23.6 Å². The highest BCUT2D eigenvalue weighted by Gasteiger charge is 2.40. The number of phenols is 1. The van der Waals surface area contributed by atoms with Crippen LogP contribution in [0.1, 0.15) is 92.3 Å². The van der Waals surface area contributed by atoms with E-state index in [-0.39, 0.29) is 18.2 Å². The molecule has 2 rings (SSSR count). The Labute approximate surface area is 245 Å². The zero-order valence-electron chi connectivity index (χ0n) is 26.2. The third-order valence-corrected chi connectivity index (χ3v) is 6.42. The quantitative estimate of drug-likeness (QED) is 0.302. The molecular formula is C33H49N3O5. The zero-order chi connectivity index (χ0) is 31.0. The molecule has 3 atom stereocenters. The molecule has 3 unspecified atom stereocenters. The second-order valence-corrected chi connectivity index (χ2v) is 13.2. The molecule has 0 fully saturated rings. The lowest BCUT2D eigenvalue weighted by atomic mass is 9.95. The van der Waals surface area contributed by atoms with Gasteiger partial charge in [0.15, 0.2) is 0 Å². The first-order valence-corrected chi connectivity index (χ1v) is 14.4. The molecule has 0 aliphatic rings. The van der Waals surface area contributed by atoms with Gasteiger partial charge in [-0.25, -0.2) is 4.79 Å². The maximum atomic E-state index is 14.6. The summed E-state index contributed by atoms with van der Waals surface area (Å²) in [5.41, 5.74) is -0.197. The van der Waals surface area contributed by atoms with Crippen molar-refractivity contribution in [3.8, 4) is 5.75 Å². The van der Waals surface area contributed by atoms with Crippen LogP contribution >= 0.6 is 0 Å². The fourth-order valence-electron chi connectivity index (χ4n) is 4.57. The summed E-state index contributed by atoms with van der Waals surface area (Å²) in [5.74, 6) is -0.565. The number of amides is 3. The number of nitrogens with one attached hydrogen (secondary N) is 2. The Morgan fingerprint density at radius 1 is 0.878 bits per heavy atom. The van der Waals surface area contributed by atoms with Crippen LogP contribution in [0, 0.1) is 5.92 Å². The maximum Gasteiger partial charge on any atom is 0.408 e. The predicted molar refractivity (Wildman–Crippen MR) is 162 cm³/mol. The smallest absolute Gasteiger partial charge is 0.408 e. The lowest BCUT2D eigenvalue weighted by Crippen LogP contribution is -2.57. The molecule has 2 aromatic carbocycles. The molecule has 0 spiro atoms. The molecule has 3 amide bonds. The fraction of sp³-hybridized carbons (Fsp3) is 0.545. The topological polar surface area (TPSA) is 108 Å². The van der Waals surface area contributed by atoms with E-state index in [1.165, 1.54) is 11.0 Å². The van der Waals surface area contributed by atoms with Crippen molar-refractivity contribution in [1.82, 2.24) is 15.5 Å². The highest BCUT2D eigenvalue weighted by molar-refractivity contribution is 5.93. The molecule has 0 aliphatic carbocycles. The van der Waals surface area contributed by atoms with Crippen molar-refractivity contribution in [2.45, 2.75) is 111 Å². The molecule has 0 heterocycles. The molecule has 0 radical (unpaired) electrons. The highest BCUT2D eigenvalue weighted by atomic mass is 16.6. The summed E-state index contributed by atoms with van der Waals surface area (Å²) in [4.78, 5) is 43.1. The van der Waals surface area contributed by atoms with Gasteiger partial charge in [-0.1, -0.05) is 62.4 Å². The van der Waals surface area contributed by atoms with Crippen molar-refractivity contribution in [3.63, 3.8) is 0 Å². The first-order chi connectivity index (χ1) is 19.0. The van der Waals surface area contributed by atoms with Crippen molar-refractivity contribution in [2.75, 3.05) is 0 Å². The molecule has 2 aromatic rings. The number of phenolic OH excluding ortho intramolecular Hbond substituents is 1. The molecule has 8 heteroatoms. The molecular weight excluding hydrogens is 518 g/mol. The number of aromatic hydroxyl groups is 1. The summed E-state index contributed by atoms with van der Waals surface area (Å²) < 4.78 is 5.51. The lowest BCUT2D eigenvalue weighted by Gasteiger charge is -2.40. The van der Waals surface area contributed by atoms with E-state index in [0.717, 1.165) is 12.0 Å². The van der Waals surface area contributed by atoms with E-state index in [0.29, 0.717) is 17.9 Å². The summed E-state index contributed by atoms with van der Waals surface area (Å²) in [7, 11) is 0. The summed E-state index contributed by atoms with van der Waals surface area (Å²) in [6.45, 7) is 17.0. The van der Waals surface area contributed by atoms with E-state index in [4.69, 9.17) is 4.74 Å². The molecule has 0 saturated heterocycles. The van der Waals surface area contributed by atoms with Crippen LogP contribution in [-0.4, -0.2) is 51.1 Å². The number of carbonyl (C=O) groups excluding carboxylic acids is 3. The van der Waals surface area contributed by atoms with Gasteiger partial charge in [0.1, 0.15) is 23.4 Å². The van der Waals surface area contributed by atoms with Crippen LogP contribution in [0.3, 0.4) is 0 Å². The number of nitrogens with zero attached hydrogens (tertiary/aromatic N) is 1. The Morgan fingerprint density at radius 3 is 2.00 bits per heavy atom. The number of para-hydroxylation sites is 1. The molecule has 3 N–H and O–H groups in total. The molecule has 0 saturated carbocycles. The summed E-state index contributed by atoms with van der Waals surface area (Å²) >= 11 is 0. The monoisotopic (exact) mass is 567 g/mol. The highest BCUT2D eigenvalue weighted by Crippen LogP contribution is 2.33. The average molecular weight is 568 g/mol. The van der Waals surface area contributed by atoms with Gasteiger partial charge in [0.05, 0.1) is 0 Å². The van der Waals surface area contributed by atoms with E-state index in [1.54, 1.807) is 39.0 Å². The average Bonchev–Trinajstić information content (AvgIpc) is 2.84. The molecule has 0 aromatic heterocycles. The van der Waals surface area contributed by atoms with Crippen LogP contribution in [0.15, 0.2) is 54.6 Å². The first kappa shape index (κ1) is 33.7. The third kappa shape index (κ3) is 11.1. The van der Waals surface area contributed by atoms with Gasteiger partial charge in [-0.2, -0.15) is 0 Å². The van der Waals surface area contributed by atoms with Gasteiger partial charge in [0.25, 0.3) is 0 Å². The summed E-state index contributed by atoms with van der Waals surface area (Å²) in [5, 5.41) is 16.7. The minimum Gasteiger partial charge on any atom is -0.508 e. The van der Waals surface area contributed by atoms with E-state index >= 15 is 0 Å². The van der Waals surface area contributed by atoms with Crippen LogP contribution in [0.2, 0.25) is 0 Å². The maximum absolute atomic E-state index is 14.6. The molecule has 226 valence electrons. The van der Waals surface area contributed by atoms with E-state index in [9.17, 15) is 19.5 Å². The summed E-state index contributed by atoms with van der Waals surface area (Å²) in [6.07, 6.45) is 0.920. The lowest BCUT2D eigenvalue weighted by molar-refractivity contribution is -0.145. The second-order valence-electron chi connectivity index (χ2n) is 13.2. The van der Waals surface area contributed by atoms with Gasteiger partial charge in [-0.3, -0.25) is 9.59 Å². The largest absolute Gasteiger partial charge is 0.508 e. The number of hydrogen-bond acceptors (Lipinski definition) is 5. The second kappa shape index (κ2) is 14.4. The predicted octanol–water partition coefficient (Wildman–Crippen LogP) is 6.14. The summed E-state index contributed by atoms with van der Waals surface area (Å²) in [6, 6.07) is 13.4. The van der Waals surface area contributed by atoms with Crippen LogP contribution < -0.4 is 10.6 Å². The Hall–Kier alpha value is -3.55. The Morgan fingerprint density at radius 2 is 1.46 bits per heavy atom. The van der Waals surface area contributed by atoms with E-state index in [1.807, 2.05) is 58.0 Å². The molecule has 0 bridgehead atoms. The van der Waals surface area contributed by atoms with Crippen LogP contribution in [0.25, 0.3) is 0 Å². The number of carbonyl (C=O) groups is 3. The van der Waals surface area contributed by atoms with E-state index < -0.39 is 41.1 Å². The van der Waals surface area contributed by atoms with Gasteiger partial charge in [-0.15, -0.1) is 0 Å². The third-order valence-electron chi connectivity index (χ3n) is 6.42. The number of hydrogen-bond donors (Lipinski definition) is 3. The van der Waals surface area contributed by atoms with Crippen molar-refractivity contribution in [2.24, 2.45) is 5.92 Å². The Balaban J connectivity index is 2.67. The van der Waals surface area contributed by atoms with Gasteiger partial charge >= 0.3 is 6.09 Å². The number of benzene rings is 2. The normalized spacial score (nSPS) is 14.1. The van der Waals surface area contributed by atoms with Gasteiger partial charge in [-0.05, 0) is 78.9 Å². The van der Waals surface area contributed by atoms with Crippen molar-refractivity contribution in [3.05, 3.63) is 65.7 Å². The molecule has 41 heavy (non-hydrogen) atoms. The molecule has 8 nitrogen and oxygen atoms in total. The van der Waals surface area contributed by atoms with Crippen LogP contribution in [0.4, 0.5) is 4.79 Å². The van der Waals surface area contributed by atoms with Crippen molar-refractivity contribution in [1.29, 1.82) is 0 Å². The number of alkyl carbamates (subject to hydrolysis) is 1. The van der Waals surface area contributed by atoms with Crippen molar-refractivity contribution < 1.29 is 24.2 Å². The standard InChI is InChI=1S/C33H49N3O5/c1-22(2)19-20-23(3)36(28(29(38)35-32(4,5)6)25-17-13-14-18-27(25)37)30(39)26(21-24-15-11-10-12-16-24)34-31(40)41-33(7,8)9/h10-18,22-23,26,28,37H,19-21H2,1-9H3,(H,34,40)(H,35,38). The van der Waals surface area contributed by atoms with Crippen LogP contribution in [-0.2, 0) is 20.7 Å². The SMILES string of the molecule is CC(C)CCC(C)N(C(=O)C(Cc1ccccc1)NC(=O)OC(C)(C)C)C(C(=O)NC(C)(C)C)c1ccccc1O. The van der Waals surface area contributed by atoms with Crippen LogP contribution in [0.5, 0.6) is 5.75 Å². The number of rotatable bonds is 11. The Kier molecular flexibility index (Phi) is 11.8. The first-order valence-electron chi connectivity index (χ1n) is 14.4. The van der Waals surface area contributed by atoms with Crippen molar-refractivity contribution >= 4 is 17.9 Å². The Bertz CT molecular complexity index is 1150. The van der Waals surface area contributed by atoms with Gasteiger partial charge < -0.3 is 25.4 Å². The van der Waals surface area contributed by atoms with Gasteiger partial charge in [0.2, 0.25) is 11.8 Å². The minimum atomic E-state index is -1.14. The zero-order valence-corrected chi connectivity index (χ0v) is 26.2.